The SMILES string of the molecule is CCCNC(C)C(C)(C)CN(C)CCSC. The summed E-state index contributed by atoms with van der Waals surface area (Å²) >= 11 is 1.92. The summed E-state index contributed by atoms with van der Waals surface area (Å²) in [5.41, 5.74) is 0.336. The van der Waals surface area contributed by atoms with Crippen LogP contribution in [0.1, 0.15) is 34.1 Å². The Balaban J connectivity index is 4.00. The Morgan fingerprint density at radius 3 is 2.50 bits per heavy atom. The average molecular weight is 246 g/mol. The van der Waals surface area contributed by atoms with Crippen LogP contribution in [0.3, 0.4) is 0 Å². The molecule has 0 aliphatic carbocycles. The van der Waals surface area contributed by atoms with Gasteiger partial charge in [-0.1, -0.05) is 20.8 Å². The van der Waals surface area contributed by atoms with Crippen LogP contribution in [-0.2, 0) is 0 Å². The highest BCUT2D eigenvalue weighted by molar-refractivity contribution is 7.98. The van der Waals surface area contributed by atoms with Gasteiger partial charge in [-0.2, -0.15) is 11.8 Å². The Morgan fingerprint density at radius 2 is 2.00 bits per heavy atom. The summed E-state index contributed by atoms with van der Waals surface area (Å²) in [5.74, 6) is 1.23. The third kappa shape index (κ3) is 6.77. The zero-order valence-corrected chi connectivity index (χ0v) is 12.8. The van der Waals surface area contributed by atoms with E-state index in [9.17, 15) is 0 Å². The minimum atomic E-state index is 0.336. The van der Waals surface area contributed by atoms with Crippen LogP contribution in [0.2, 0.25) is 0 Å². The maximum atomic E-state index is 3.60. The molecule has 98 valence electrons. The molecule has 16 heavy (non-hydrogen) atoms. The van der Waals surface area contributed by atoms with Crippen molar-refractivity contribution in [2.75, 3.05) is 38.7 Å². The largest absolute Gasteiger partial charge is 0.314 e. The van der Waals surface area contributed by atoms with Crippen molar-refractivity contribution in [3.63, 3.8) is 0 Å². The molecular formula is C13H30N2S. The van der Waals surface area contributed by atoms with Crippen LogP contribution < -0.4 is 5.32 Å². The Kier molecular flexibility index (Phi) is 8.52. The molecule has 0 rings (SSSR count). The van der Waals surface area contributed by atoms with Crippen LogP contribution in [0.4, 0.5) is 0 Å². The monoisotopic (exact) mass is 246 g/mol. The average Bonchev–Trinajstić information content (AvgIpc) is 2.22. The van der Waals surface area contributed by atoms with Gasteiger partial charge in [-0.25, -0.2) is 0 Å². The van der Waals surface area contributed by atoms with Gasteiger partial charge in [-0.05, 0) is 38.6 Å². The van der Waals surface area contributed by atoms with Gasteiger partial charge in [0.2, 0.25) is 0 Å². The van der Waals surface area contributed by atoms with Crippen LogP contribution >= 0.6 is 11.8 Å². The predicted octanol–water partition coefficient (Wildman–Crippen LogP) is 2.70. The summed E-state index contributed by atoms with van der Waals surface area (Å²) in [6, 6.07) is 0.573. The Labute approximate surface area is 107 Å². The topological polar surface area (TPSA) is 15.3 Å². The van der Waals surface area contributed by atoms with Crippen LogP contribution in [0.25, 0.3) is 0 Å². The molecule has 2 nitrogen and oxygen atoms in total. The molecule has 0 aliphatic rings. The Morgan fingerprint density at radius 1 is 1.38 bits per heavy atom. The van der Waals surface area contributed by atoms with Gasteiger partial charge in [-0.15, -0.1) is 0 Å². The fourth-order valence-corrected chi connectivity index (χ4v) is 2.29. The van der Waals surface area contributed by atoms with E-state index in [1.165, 1.54) is 18.7 Å². The normalized spacial score (nSPS) is 14.4. The molecule has 3 heteroatoms. The van der Waals surface area contributed by atoms with Crippen molar-refractivity contribution in [1.29, 1.82) is 0 Å². The Hall–Kier alpha value is 0.270. The predicted molar refractivity (Wildman–Crippen MR) is 77.4 cm³/mol. The lowest BCUT2D eigenvalue weighted by Crippen LogP contribution is -2.46. The first-order chi connectivity index (χ1) is 7.44. The summed E-state index contributed by atoms with van der Waals surface area (Å²) in [4.78, 5) is 2.45. The van der Waals surface area contributed by atoms with Gasteiger partial charge in [0.25, 0.3) is 0 Å². The quantitative estimate of drug-likeness (QED) is 0.673. The zero-order chi connectivity index (χ0) is 12.6. The number of hydrogen-bond acceptors (Lipinski definition) is 3. The van der Waals surface area contributed by atoms with Gasteiger partial charge in [-0.3, -0.25) is 0 Å². The summed E-state index contributed by atoms with van der Waals surface area (Å²) < 4.78 is 0. The second-order valence-electron chi connectivity index (χ2n) is 5.39. The molecular weight excluding hydrogens is 216 g/mol. The molecule has 0 aromatic heterocycles. The molecule has 0 spiro atoms. The number of thioether (sulfide) groups is 1. The third-order valence-electron chi connectivity index (χ3n) is 3.23. The second kappa shape index (κ2) is 8.37. The van der Waals surface area contributed by atoms with Crippen molar-refractivity contribution in [3.8, 4) is 0 Å². The second-order valence-corrected chi connectivity index (χ2v) is 6.38. The van der Waals surface area contributed by atoms with Crippen molar-refractivity contribution < 1.29 is 0 Å². The lowest BCUT2D eigenvalue weighted by Gasteiger charge is -2.36. The number of hydrogen-bond donors (Lipinski definition) is 1. The number of nitrogens with zero attached hydrogens (tertiary/aromatic N) is 1. The molecule has 0 aromatic rings. The first-order valence-electron chi connectivity index (χ1n) is 6.35. The van der Waals surface area contributed by atoms with Crippen LogP contribution in [0.5, 0.6) is 0 Å². The number of rotatable bonds is 9. The summed E-state index contributed by atoms with van der Waals surface area (Å²) in [7, 11) is 2.23. The van der Waals surface area contributed by atoms with E-state index >= 15 is 0 Å². The van der Waals surface area contributed by atoms with Crippen molar-refractivity contribution in [2.45, 2.75) is 40.2 Å². The molecule has 0 bridgehead atoms. The fraction of sp³-hybridized carbons (Fsp3) is 1.00. The highest BCUT2D eigenvalue weighted by Gasteiger charge is 2.26. The first-order valence-corrected chi connectivity index (χ1v) is 7.74. The van der Waals surface area contributed by atoms with E-state index in [0.717, 1.165) is 13.1 Å². The standard InChI is InChI=1S/C13H30N2S/c1-7-8-14-12(2)13(3,4)11-15(5)9-10-16-6/h12,14H,7-11H2,1-6H3. The maximum absolute atomic E-state index is 3.60. The van der Waals surface area contributed by atoms with E-state index in [4.69, 9.17) is 0 Å². The molecule has 0 aromatic carbocycles. The molecule has 0 saturated heterocycles. The third-order valence-corrected chi connectivity index (χ3v) is 3.82. The van der Waals surface area contributed by atoms with Gasteiger partial charge < -0.3 is 10.2 Å². The molecule has 1 atom stereocenters. The van der Waals surface area contributed by atoms with Crippen LogP contribution in [0.15, 0.2) is 0 Å². The number of nitrogens with one attached hydrogen (secondary N) is 1. The Bertz CT molecular complexity index is 171. The van der Waals surface area contributed by atoms with Gasteiger partial charge in [0.15, 0.2) is 0 Å². The highest BCUT2D eigenvalue weighted by Crippen LogP contribution is 2.21. The van der Waals surface area contributed by atoms with Gasteiger partial charge >= 0.3 is 0 Å². The minimum absolute atomic E-state index is 0.336. The lowest BCUT2D eigenvalue weighted by atomic mass is 9.85. The molecule has 0 radical (unpaired) electrons. The minimum Gasteiger partial charge on any atom is -0.314 e. The van der Waals surface area contributed by atoms with E-state index < -0.39 is 0 Å². The zero-order valence-electron chi connectivity index (χ0n) is 12.0. The van der Waals surface area contributed by atoms with Crippen LogP contribution in [0, 0.1) is 5.41 Å². The molecule has 0 aliphatic heterocycles. The molecule has 1 N–H and O–H groups in total. The van der Waals surface area contributed by atoms with Crippen molar-refractivity contribution in [1.82, 2.24) is 10.2 Å². The van der Waals surface area contributed by atoms with Crippen LogP contribution in [-0.4, -0.2) is 49.6 Å². The smallest absolute Gasteiger partial charge is 0.0102 e. The summed E-state index contributed by atoms with van der Waals surface area (Å²) in [5, 5.41) is 3.60. The van der Waals surface area contributed by atoms with Crippen molar-refractivity contribution >= 4 is 11.8 Å². The summed E-state index contributed by atoms with van der Waals surface area (Å²) in [6.07, 6.45) is 3.38. The van der Waals surface area contributed by atoms with E-state index in [2.05, 4.69) is 51.2 Å². The van der Waals surface area contributed by atoms with E-state index in [1.807, 2.05) is 11.8 Å². The van der Waals surface area contributed by atoms with Gasteiger partial charge in [0.05, 0.1) is 0 Å². The summed E-state index contributed by atoms with van der Waals surface area (Å²) in [6.45, 7) is 12.7. The first kappa shape index (κ1) is 16.3. The van der Waals surface area contributed by atoms with Crippen molar-refractivity contribution in [3.05, 3.63) is 0 Å². The molecule has 1 unspecified atom stereocenters. The molecule has 0 amide bonds. The lowest BCUT2D eigenvalue weighted by molar-refractivity contribution is 0.170. The molecule has 0 saturated carbocycles. The molecule has 0 heterocycles. The fourth-order valence-electron chi connectivity index (χ4n) is 1.80. The van der Waals surface area contributed by atoms with Gasteiger partial charge in [0, 0.05) is 24.9 Å². The maximum Gasteiger partial charge on any atom is 0.0102 e. The molecule has 0 fully saturated rings. The van der Waals surface area contributed by atoms with E-state index in [1.54, 1.807) is 0 Å². The van der Waals surface area contributed by atoms with E-state index in [-0.39, 0.29) is 0 Å². The van der Waals surface area contributed by atoms with Gasteiger partial charge in [0.1, 0.15) is 0 Å². The highest BCUT2D eigenvalue weighted by atomic mass is 32.2. The van der Waals surface area contributed by atoms with E-state index in [0.29, 0.717) is 11.5 Å². The van der Waals surface area contributed by atoms with Crippen molar-refractivity contribution in [2.24, 2.45) is 5.41 Å².